The molecule has 0 saturated carbocycles. The van der Waals surface area contributed by atoms with Crippen LogP contribution in [0.4, 0.5) is 0 Å². The van der Waals surface area contributed by atoms with Crippen LogP contribution in [-0.4, -0.2) is 10.7 Å². The highest BCUT2D eigenvalue weighted by Crippen LogP contribution is 2.35. The highest BCUT2D eigenvalue weighted by atomic mass is 16.3. The number of rotatable bonds is 1. The van der Waals surface area contributed by atoms with Gasteiger partial charge in [-0.2, -0.15) is 0 Å². The van der Waals surface area contributed by atoms with Crippen molar-refractivity contribution in [2.24, 2.45) is 11.8 Å². The number of hydrogen-bond acceptors (Lipinski definition) is 1. The lowest BCUT2D eigenvalue weighted by atomic mass is 9.89. The highest BCUT2D eigenvalue weighted by Gasteiger charge is 2.32. The third-order valence-corrected chi connectivity index (χ3v) is 2.56. The Balaban J connectivity index is 2.90. The molecule has 0 radical (unpaired) electrons. The highest BCUT2D eigenvalue weighted by molar-refractivity contribution is 5.32. The summed E-state index contributed by atoms with van der Waals surface area (Å²) in [4.78, 5) is 0. The van der Waals surface area contributed by atoms with Crippen LogP contribution in [0.1, 0.15) is 27.2 Å². The first-order valence-electron chi connectivity index (χ1n) is 4.39. The molecule has 0 spiro atoms. The van der Waals surface area contributed by atoms with Crippen molar-refractivity contribution in [3.05, 3.63) is 11.6 Å². The van der Waals surface area contributed by atoms with E-state index in [0.717, 1.165) is 12.0 Å². The summed E-state index contributed by atoms with van der Waals surface area (Å²) in [6, 6.07) is 0. The van der Waals surface area contributed by atoms with Crippen LogP contribution in [-0.2, 0) is 0 Å². The Labute approximate surface area is 74.5 Å². The minimum Gasteiger partial charge on any atom is -0.374 e. The maximum Gasteiger partial charge on any atom is 0.144 e. The first-order valence-corrected chi connectivity index (χ1v) is 4.39. The van der Waals surface area contributed by atoms with Crippen molar-refractivity contribution in [1.82, 2.24) is 0 Å². The summed E-state index contributed by atoms with van der Waals surface area (Å²) in [5.74, 6) is 3.39. The van der Waals surface area contributed by atoms with E-state index in [-0.39, 0.29) is 0 Å². The smallest absolute Gasteiger partial charge is 0.144 e. The molecular formula is C11H16O. The minimum atomic E-state index is -1.04. The molecule has 0 heterocycles. The molecule has 66 valence electrons. The predicted octanol–water partition coefficient (Wildman–Crippen LogP) is 1.97. The zero-order chi connectivity index (χ0) is 9.35. The molecule has 1 rings (SSSR count). The van der Waals surface area contributed by atoms with Gasteiger partial charge in [-0.05, 0) is 30.8 Å². The fourth-order valence-corrected chi connectivity index (χ4v) is 1.95. The maximum atomic E-state index is 9.81. The molecule has 0 saturated heterocycles. The number of terminal acetylenes is 1. The van der Waals surface area contributed by atoms with Crippen LogP contribution in [0.2, 0.25) is 0 Å². The average molecular weight is 164 g/mol. The number of aliphatic hydroxyl groups is 1. The summed E-state index contributed by atoms with van der Waals surface area (Å²) in [6.07, 6.45) is 8.46. The molecular weight excluding hydrogens is 148 g/mol. The Hall–Kier alpha value is -0.740. The van der Waals surface area contributed by atoms with Gasteiger partial charge in [-0.25, -0.2) is 0 Å². The van der Waals surface area contributed by atoms with E-state index in [2.05, 4.69) is 25.8 Å². The molecule has 0 bridgehead atoms. The van der Waals surface area contributed by atoms with E-state index in [1.165, 1.54) is 0 Å². The standard InChI is InChI=1S/C11H16O/c1-5-11(4,12)10-7-8(2)6-9(10)3/h1,7-9,12H,6H2,2-4H3/t8-,9-,11?/m0/s1. The maximum absolute atomic E-state index is 9.81. The second kappa shape index (κ2) is 2.95. The Kier molecular flexibility index (Phi) is 2.30. The quantitative estimate of drug-likeness (QED) is 0.464. The Morgan fingerprint density at radius 1 is 1.67 bits per heavy atom. The van der Waals surface area contributed by atoms with Gasteiger partial charge in [0, 0.05) is 0 Å². The molecule has 0 aromatic carbocycles. The van der Waals surface area contributed by atoms with Crippen LogP contribution in [0, 0.1) is 24.2 Å². The number of allylic oxidation sites excluding steroid dienone is 1. The van der Waals surface area contributed by atoms with E-state index in [0.29, 0.717) is 11.8 Å². The van der Waals surface area contributed by atoms with E-state index in [1.807, 2.05) is 0 Å². The normalized spacial score (nSPS) is 33.8. The van der Waals surface area contributed by atoms with Gasteiger partial charge in [0.15, 0.2) is 0 Å². The lowest BCUT2D eigenvalue weighted by Gasteiger charge is -2.21. The van der Waals surface area contributed by atoms with Crippen molar-refractivity contribution in [2.45, 2.75) is 32.8 Å². The summed E-state index contributed by atoms with van der Waals surface area (Å²) in [5, 5.41) is 9.81. The SMILES string of the molecule is C#CC(C)(O)C1=C[C@@H](C)C[C@@H]1C. The van der Waals surface area contributed by atoms with Crippen LogP contribution in [0.3, 0.4) is 0 Å². The lowest BCUT2D eigenvalue weighted by Crippen LogP contribution is -2.26. The van der Waals surface area contributed by atoms with Gasteiger partial charge in [0.25, 0.3) is 0 Å². The first kappa shape index (κ1) is 9.35. The van der Waals surface area contributed by atoms with Gasteiger partial charge in [0.1, 0.15) is 5.60 Å². The third kappa shape index (κ3) is 1.54. The molecule has 0 aliphatic heterocycles. The summed E-state index contributed by atoms with van der Waals surface area (Å²) in [7, 11) is 0. The van der Waals surface area contributed by atoms with E-state index >= 15 is 0 Å². The van der Waals surface area contributed by atoms with Gasteiger partial charge in [-0.1, -0.05) is 25.8 Å². The zero-order valence-corrected chi connectivity index (χ0v) is 7.96. The summed E-state index contributed by atoms with van der Waals surface area (Å²) >= 11 is 0. The van der Waals surface area contributed by atoms with Gasteiger partial charge in [-0.15, -0.1) is 6.42 Å². The number of hydrogen-bond donors (Lipinski definition) is 1. The molecule has 0 fully saturated rings. The van der Waals surface area contributed by atoms with E-state index in [1.54, 1.807) is 6.92 Å². The molecule has 0 amide bonds. The fourth-order valence-electron chi connectivity index (χ4n) is 1.95. The largest absolute Gasteiger partial charge is 0.374 e. The van der Waals surface area contributed by atoms with Gasteiger partial charge in [-0.3, -0.25) is 0 Å². The van der Waals surface area contributed by atoms with Crippen molar-refractivity contribution < 1.29 is 5.11 Å². The molecule has 1 unspecified atom stereocenters. The molecule has 0 aromatic heterocycles. The molecule has 1 N–H and O–H groups in total. The molecule has 12 heavy (non-hydrogen) atoms. The van der Waals surface area contributed by atoms with E-state index < -0.39 is 5.60 Å². The topological polar surface area (TPSA) is 20.2 Å². The van der Waals surface area contributed by atoms with Crippen LogP contribution in [0.5, 0.6) is 0 Å². The molecule has 1 nitrogen and oxygen atoms in total. The van der Waals surface area contributed by atoms with Crippen LogP contribution in [0.15, 0.2) is 11.6 Å². The molecule has 1 heteroatoms. The molecule has 3 atom stereocenters. The first-order chi connectivity index (χ1) is 5.47. The van der Waals surface area contributed by atoms with Crippen molar-refractivity contribution in [2.75, 3.05) is 0 Å². The molecule has 0 aromatic rings. The van der Waals surface area contributed by atoms with E-state index in [4.69, 9.17) is 6.42 Å². The lowest BCUT2D eigenvalue weighted by molar-refractivity contribution is 0.151. The Morgan fingerprint density at radius 3 is 2.58 bits per heavy atom. The van der Waals surface area contributed by atoms with Crippen molar-refractivity contribution in [1.29, 1.82) is 0 Å². The van der Waals surface area contributed by atoms with Gasteiger partial charge in [0.2, 0.25) is 0 Å². The van der Waals surface area contributed by atoms with Crippen LogP contribution >= 0.6 is 0 Å². The summed E-state index contributed by atoms with van der Waals surface area (Å²) in [6.45, 7) is 5.95. The summed E-state index contributed by atoms with van der Waals surface area (Å²) in [5.41, 5.74) is -0.0259. The average Bonchev–Trinajstić information content (AvgIpc) is 2.31. The fraction of sp³-hybridized carbons (Fsp3) is 0.636. The Morgan fingerprint density at radius 2 is 2.25 bits per heavy atom. The second-order valence-corrected chi connectivity index (χ2v) is 3.95. The van der Waals surface area contributed by atoms with Gasteiger partial charge >= 0.3 is 0 Å². The van der Waals surface area contributed by atoms with Gasteiger partial charge in [0.05, 0.1) is 0 Å². The molecule has 1 aliphatic carbocycles. The van der Waals surface area contributed by atoms with Crippen LogP contribution in [0.25, 0.3) is 0 Å². The minimum absolute atomic E-state index is 0.422. The van der Waals surface area contributed by atoms with Crippen molar-refractivity contribution in [3.63, 3.8) is 0 Å². The predicted molar refractivity (Wildman–Crippen MR) is 50.5 cm³/mol. The van der Waals surface area contributed by atoms with E-state index in [9.17, 15) is 5.11 Å². The second-order valence-electron chi connectivity index (χ2n) is 3.95. The van der Waals surface area contributed by atoms with Crippen LogP contribution < -0.4 is 0 Å². The summed E-state index contributed by atoms with van der Waals surface area (Å²) < 4.78 is 0. The van der Waals surface area contributed by atoms with Crippen molar-refractivity contribution >= 4 is 0 Å². The van der Waals surface area contributed by atoms with Gasteiger partial charge < -0.3 is 5.11 Å². The molecule has 1 aliphatic rings. The zero-order valence-electron chi connectivity index (χ0n) is 7.96. The third-order valence-electron chi connectivity index (χ3n) is 2.56. The Bertz CT molecular complexity index is 242. The monoisotopic (exact) mass is 164 g/mol. The van der Waals surface area contributed by atoms with Crippen molar-refractivity contribution in [3.8, 4) is 12.3 Å².